The lowest BCUT2D eigenvalue weighted by atomic mass is 10.0. The fourth-order valence-electron chi connectivity index (χ4n) is 4.97. The van der Waals surface area contributed by atoms with Crippen LogP contribution in [-0.4, -0.2) is 57.5 Å². The first-order chi connectivity index (χ1) is 16.6. The van der Waals surface area contributed by atoms with Crippen LogP contribution < -0.4 is 0 Å². The Morgan fingerprint density at radius 3 is 2.15 bits per heavy atom. The van der Waals surface area contributed by atoms with Crippen LogP contribution in [0.25, 0.3) is 0 Å². The smallest absolute Gasteiger partial charge is 0.185 e. The highest BCUT2D eigenvalue weighted by atomic mass is 32.2. The van der Waals surface area contributed by atoms with Gasteiger partial charge >= 0.3 is 0 Å². The van der Waals surface area contributed by atoms with E-state index in [0.717, 1.165) is 25.3 Å². The molecular weight excluding hydrogens is 458 g/mol. The van der Waals surface area contributed by atoms with E-state index in [1.807, 2.05) is 0 Å². The van der Waals surface area contributed by atoms with Crippen molar-refractivity contribution < 1.29 is 14.3 Å². The van der Waals surface area contributed by atoms with Crippen LogP contribution in [0.2, 0.25) is 12.1 Å². The van der Waals surface area contributed by atoms with Crippen LogP contribution in [0.3, 0.4) is 0 Å². The highest BCUT2D eigenvalue weighted by Gasteiger charge is 2.22. The first-order valence-corrected chi connectivity index (χ1v) is 17.8. The van der Waals surface area contributed by atoms with Gasteiger partial charge in [-0.15, -0.1) is 0 Å². The summed E-state index contributed by atoms with van der Waals surface area (Å²) in [7, 11) is 1.48. The minimum atomic E-state index is -0.830. The molecule has 0 spiro atoms. The van der Waals surface area contributed by atoms with Crippen LogP contribution >= 0.6 is 11.8 Å². The monoisotopic (exact) mass is 515 g/mol. The topological polar surface area (TPSA) is 38.8 Å². The van der Waals surface area contributed by atoms with E-state index in [0.29, 0.717) is 12.9 Å². The molecule has 0 aromatic carbocycles. The molecule has 6 heteroatoms. The molecular formula is C28H57NO3SSi. The van der Waals surface area contributed by atoms with E-state index in [1.54, 1.807) is 6.92 Å². The van der Waals surface area contributed by atoms with Crippen LogP contribution in [0.5, 0.6) is 0 Å². The van der Waals surface area contributed by atoms with Crippen LogP contribution in [-0.2, 0) is 14.3 Å². The van der Waals surface area contributed by atoms with Crippen molar-refractivity contribution in [3.05, 3.63) is 0 Å². The maximum Gasteiger partial charge on any atom is 0.185 e. The molecule has 0 N–H and O–H groups in total. The lowest BCUT2D eigenvalue weighted by molar-refractivity contribution is -0.109. The molecule has 0 radical (unpaired) electrons. The van der Waals surface area contributed by atoms with Gasteiger partial charge in [-0.1, -0.05) is 102 Å². The number of ether oxygens (including phenoxy) is 2. The van der Waals surface area contributed by atoms with Crippen molar-refractivity contribution in [1.82, 2.24) is 4.57 Å². The van der Waals surface area contributed by atoms with Crippen molar-refractivity contribution in [2.45, 2.75) is 141 Å². The molecule has 0 aromatic rings. The molecule has 4 nitrogen and oxygen atoms in total. The molecule has 2 atom stereocenters. The molecule has 0 bridgehead atoms. The van der Waals surface area contributed by atoms with E-state index in [9.17, 15) is 4.79 Å². The average molecular weight is 516 g/mol. The summed E-state index contributed by atoms with van der Waals surface area (Å²) >= 11 is 1.49. The number of nitrogens with zero attached hydrogens (tertiary/aromatic N) is 1. The van der Waals surface area contributed by atoms with E-state index >= 15 is 0 Å². The van der Waals surface area contributed by atoms with Gasteiger partial charge in [0.25, 0.3) is 0 Å². The van der Waals surface area contributed by atoms with Gasteiger partial charge in [0.1, 0.15) is 15.8 Å². The predicted octanol–water partition coefficient (Wildman–Crippen LogP) is 7.95. The highest BCUT2D eigenvalue weighted by molar-refractivity contribution is 8.13. The molecule has 202 valence electrons. The zero-order chi connectivity index (χ0) is 24.7. The molecule has 0 aliphatic carbocycles. The van der Waals surface area contributed by atoms with Gasteiger partial charge in [-0.2, -0.15) is 0 Å². The normalized spacial score (nSPS) is 19.7. The second-order valence-corrected chi connectivity index (χ2v) is 15.0. The summed E-state index contributed by atoms with van der Waals surface area (Å²) in [4.78, 5) is 11.1. The lowest BCUT2D eigenvalue weighted by Gasteiger charge is -2.32. The van der Waals surface area contributed by atoms with Gasteiger partial charge in [-0.05, 0) is 51.4 Å². The number of hydrogen-bond acceptors (Lipinski definition) is 5. The zero-order valence-electron chi connectivity index (χ0n) is 23.0. The predicted molar refractivity (Wildman–Crippen MR) is 152 cm³/mol. The third-order valence-corrected chi connectivity index (χ3v) is 11.8. The fraction of sp³-hybridized carbons (Fsp3) is 0.964. The minimum absolute atomic E-state index is 0.254. The maximum absolute atomic E-state index is 11.1. The summed E-state index contributed by atoms with van der Waals surface area (Å²) < 4.78 is 14.5. The number of rotatable bonds is 21. The molecule has 0 saturated carbocycles. The molecule has 2 unspecified atom stereocenters. The summed E-state index contributed by atoms with van der Waals surface area (Å²) in [5.74, 6) is 0.995. The Kier molecular flexibility index (Phi) is 22.2. The second kappa shape index (κ2) is 23.5. The van der Waals surface area contributed by atoms with Crippen LogP contribution in [0, 0.1) is 0 Å². The van der Waals surface area contributed by atoms with Crippen molar-refractivity contribution in [3.63, 3.8) is 0 Å². The summed E-state index contributed by atoms with van der Waals surface area (Å²) in [6, 6.07) is 2.71. The summed E-state index contributed by atoms with van der Waals surface area (Å²) in [6.45, 7) is 6.43. The Morgan fingerprint density at radius 1 is 0.912 bits per heavy atom. The molecule has 0 aromatic heterocycles. The Labute approximate surface area is 218 Å². The van der Waals surface area contributed by atoms with Crippen LogP contribution in [0.15, 0.2) is 0 Å². The highest BCUT2D eigenvalue weighted by Crippen LogP contribution is 2.21. The molecule has 1 heterocycles. The van der Waals surface area contributed by atoms with Crippen molar-refractivity contribution in [3.8, 4) is 0 Å². The van der Waals surface area contributed by atoms with Crippen LogP contribution in [0.4, 0.5) is 0 Å². The second-order valence-electron chi connectivity index (χ2n) is 10.4. The molecule has 1 aliphatic rings. The van der Waals surface area contributed by atoms with Gasteiger partial charge < -0.3 is 14.0 Å². The molecule has 1 fully saturated rings. The molecule has 0 amide bonds. The van der Waals surface area contributed by atoms with E-state index in [1.165, 1.54) is 127 Å². The van der Waals surface area contributed by atoms with Crippen molar-refractivity contribution >= 4 is 25.8 Å². The summed E-state index contributed by atoms with van der Waals surface area (Å²) in [6.07, 6.45) is 23.2. The fourth-order valence-corrected chi connectivity index (χ4v) is 8.93. The number of carbonyl (C=O) groups excluding carboxylic acids is 1. The average Bonchev–Trinajstić information content (AvgIpc) is 2.81. The standard InChI is InChI=1S/C28H57NO3SSi/c1-4-5-6-7-8-9-10-11-12-13-14-15-16-22-31-26-32-28-19-17-24-34(29(3)21-20-28)25-18-23-33-27(2)30/h28,34H,4-26H2,1-3H3. The molecule has 1 saturated heterocycles. The van der Waals surface area contributed by atoms with Gasteiger partial charge in [0.15, 0.2) is 5.12 Å². The van der Waals surface area contributed by atoms with Gasteiger partial charge in [0, 0.05) is 19.3 Å². The third kappa shape index (κ3) is 19.3. The first-order valence-electron chi connectivity index (χ1n) is 14.7. The largest absolute Gasteiger partial charge is 0.355 e. The third-order valence-electron chi connectivity index (χ3n) is 7.26. The zero-order valence-corrected chi connectivity index (χ0v) is 25.0. The molecule has 34 heavy (non-hydrogen) atoms. The molecule has 1 rings (SSSR count). The van der Waals surface area contributed by atoms with Gasteiger partial charge in [0.05, 0.1) is 6.10 Å². The molecule has 1 aliphatic heterocycles. The minimum Gasteiger partial charge on any atom is -0.355 e. The Bertz CT molecular complexity index is 469. The quantitative estimate of drug-likeness (QED) is 0.0881. The van der Waals surface area contributed by atoms with Crippen LogP contribution in [0.1, 0.15) is 123 Å². The van der Waals surface area contributed by atoms with Gasteiger partial charge in [-0.3, -0.25) is 4.79 Å². The Morgan fingerprint density at radius 2 is 1.53 bits per heavy atom. The SMILES string of the molecule is CCCCCCCCCCCCCCCOCOC1CCC[SiH](CCCSC(C)=O)N(C)CC1. The van der Waals surface area contributed by atoms with Gasteiger partial charge in [-0.25, -0.2) is 0 Å². The maximum atomic E-state index is 11.1. The lowest BCUT2D eigenvalue weighted by Crippen LogP contribution is -2.40. The van der Waals surface area contributed by atoms with Gasteiger partial charge in [0.2, 0.25) is 0 Å². The van der Waals surface area contributed by atoms with E-state index in [4.69, 9.17) is 9.47 Å². The Balaban J connectivity index is 1.89. The van der Waals surface area contributed by atoms with Crippen molar-refractivity contribution in [2.24, 2.45) is 0 Å². The van der Waals surface area contributed by atoms with Crippen molar-refractivity contribution in [1.29, 1.82) is 0 Å². The number of unbranched alkanes of at least 4 members (excludes halogenated alkanes) is 12. The number of carbonyl (C=O) groups is 1. The number of hydrogen-bond donors (Lipinski definition) is 0. The first kappa shape index (κ1) is 32.1. The van der Waals surface area contributed by atoms with Crippen molar-refractivity contribution in [2.75, 3.05) is 32.7 Å². The van der Waals surface area contributed by atoms with E-state index in [2.05, 4.69) is 18.5 Å². The van der Waals surface area contributed by atoms with E-state index < -0.39 is 8.96 Å². The number of thioether (sulfide) groups is 1. The Hall–Kier alpha value is 0.117. The summed E-state index contributed by atoms with van der Waals surface area (Å²) in [5.41, 5.74) is 0. The van der Waals surface area contributed by atoms with E-state index in [-0.39, 0.29) is 5.12 Å². The summed E-state index contributed by atoms with van der Waals surface area (Å²) in [5, 5.41) is 0.254.